The molecule has 130 valence electrons. The summed E-state index contributed by atoms with van der Waals surface area (Å²) in [5.41, 5.74) is 1.85. The van der Waals surface area contributed by atoms with Crippen molar-refractivity contribution in [3.8, 4) is 0 Å². The van der Waals surface area contributed by atoms with Crippen LogP contribution < -0.4 is 5.32 Å². The van der Waals surface area contributed by atoms with Crippen LogP contribution in [-0.2, 0) is 17.8 Å². The molecule has 1 amide bonds. The maximum Gasteiger partial charge on any atom is 0.234 e. The van der Waals surface area contributed by atoms with E-state index in [1.54, 1.807) is 17.7 Å². The van der Waals surface area contributed by atoms with E-state index < -0.39 is 0 Å². The molecular formula is C17H17BrN4OS2. The predicted molar refractivity (Wildman–Crippen MR) is 106 cm³/mol. The minimum Gasteiger partial charge on any atom is -0.325 e. The molecule has 0 bridgehead atoms. The van der Waals surface area contributed by atoms with Gasteiger partial charge in [0.1, 0.15) is 6.33 Å². The average Bonchev–Trinajstić information content (AvgIpc) is 3.25. The van der Waals surface area contributed by atoms with Crippen molar-refractivity contribution in [1.82, 2.24) is 14.8 Å². The van der Waals surface area contributed by atoms with E-state index in [1.165, 1.54) is 16.6 Å². The smallest absolute Gasteiger partial charge is 0.234 e. The Morgan fingerprint density at radius 2 is 2.28 bits per heavy atom. The van der Waals surface area contributed by atoms with Crippen LogP contribution in [0.25, 0.3) is 0 Å². The van der Waals surface area contributed by atoms with Gasteiger partial charge in [-0.25, -0.2) is 0 Å². The Morgan fingerprint density at radius 1 is 1.40 bits per heavy atom. The number of amides is 1. The highest BCUT2D eigenvalue weighted by Crippen LogP contribution is 2.21. The molecule has 0 spiro atoms. The molecule has 1 aromatic carbocycles. The lowest BCUT2D eigenvalue weighted by Gasteiger charge is -2.09. The molecule has 0 unspecified atom stereocenters. The summed E-state index contributed by atoms with van der Waals surface area (Å²) in [5, 5.41) is 13.9. The number of thioether (sulfide) groups is 1. The van der Waals surface area contributed by atoms with Crippen molar-refractivity contribution in [3.05, 3.63) is 57.0 Å². The van der Waals surface area contributed by atoms with E-state index in [-0.39, 0.29) is 5.91 Å². The van der Waals surface area contributed by atoms with Crippen molar-refractivity contribution < 1.29 is 4.79 Å². The van der Waals surface area contributed by atoms with Gasteiger partial charge in [0.2, 0.25) is 5.91 Å². The van der Waals surface area contributed by atoms with Crippen molar-refractivity contribution >= 4 is 50.6 Å². The second kappa shape index (κ2) is 8.64. The summed E-state index contributed by atoms with van der Waals surface area (Å²) in [6, 6.07) is 9.96. The molecule has 0 saturated heterocycles. The summed E-state index contributed by atoms with van der Waals surface area (Å²) in [4.78, 5) is 13.5. The van der Waals surface area contributed by atoms with Gasteiger partial charge in [-0.15, -0.1) is 21.5 Å². The lowest BCUT2D eigenvalue weighted by Crippen LogP contribution is -2.15. The van der Waals surface area contributed by atoms with E-state index in [1.807, 2.05) is 29.7 Å². The Balaban J connectivity index is 1.53. The number of rotatable bonds is 7. The van der Waals surface area contributed by atoms with Crippen LogP contribution in [-0.4, -0.2) is 26.4 Å². The van der Waals surface area contributed by atoms with Crippen LogP contribution in [0.5, 0.6) is 0 Å². The normalized spacial score (nSPS) is 10.8. The fourth-order valence-corrected chi connectivity index (χ4v) is 4.19. The average molecular weight is 437 g/mol. The van der Waals surface area contributed by atoms with Crippen LogP contribution in [0, 0.1) is 6.92 Å². The molecule has 5 nitrogen and oxygen atoms in total. The zero-order chi connectivity index (χ0) is 17.6. The number of carbonyl (C=O) groups excluding carboxylic acids is 1. The molecule has 0 aliphatic carbocycles. The molecule has 3 rings (SSSR count). The molecule has 0 aliphatic rings. The summed E-state index contributed by atoms with van der Waals surface area (Å²) in [7, 11) is 0. The van der Waals surface area contributed by atoms with Crippen molar-refractivity contribution in [2.45, 2.75) is 25.0 Å². The van der Waals surface area contributed by atoms with E-state index in [0.29, 0.717) is 5.75 Å². The summed E-state index contributed by atoms with van der Waals surface area (Å²) < 4.78 is 2.99. The first-order valence-electron chi connectivity index (χ1n) is 7.71. The number of thiophene rings is 1. The molecule has 0 fully saturated rings. The first-order chi connectivity index (χ1) is 12.1. The van der Waals surface area contributed by atoms with E-state index >= 15 is 0 Å². The lowest BCUT2D eigenvalue weighted by molar-refractivity contribution is -0.113. The summed E-state index contributed by atoms with van der Waals surface area (Å²) in [5.74, 6) is 0.246. The summed E-state index contributed by atoms with van der Waals surface area (Å²) >= 11 is 6.56. The lowest BCUT2D eigenvalue weighted by atomic mass is 10.2. The molecule has 3 aromatic rings. The molecule has 0 radical (unpaired) electrons. The van der Waals surface area contributed by atoms with Gasteiger partial charge in [0.25, 0.3) is 0 Å². The monoisotopic (exact) mass is 436 g/mol. The van der Waals surface area contributed by atoms with Crippen LogP contribution in [0.1, 0.15) is 10.4 Å². The highest BCUT2D eigenvalue weighted by molar-refractivity contribution is 9.10. The molecule has 0 atom stereocenters. The minimum atomic E-state index is -0.0526. The fourth-order valence-electron chi connectivity index (χ4n) is 2.28. The fraction of sp³-hybridized carbons (Fsp3) is 0.235. The number of nitrogens with zero attached hydrogens (tertiary/aromatic N) is 3. The van der Waals surface area contributed by atoms with Crippen molar-refractivity contribution in [3.63, 3.8) is 0 Å². The Bertz CT molecular complexity index is 848. The zero-order valence-corrected chi connectivity index (χ0v) is 16.8. The van der Waals surface area contributed by atoms with Gasteiger partial charge < -0.3 is 9.88 Å². The number of anilines is 1. The zero-order valence-electron chi connectivity index (χ0n) is 13.6. The number of benzene rings is 1. The largest absolute Gasteiger partial charge is 0.325 e. The number of hydrogen-bond donors (Lipinski definition) is 1. The van der Waals surface area contributed by atoms with Crippen LogP contribution in [0.15, 0.2) is 51.7 Å². The van der Waals surface area contributed by atoms with Crippen LogP contribution in [0.3, 0.4) is 0 Å². The number of carbonyl (C=O) groups is 1. The van der Waals surface area contributed by atoms with Crippen molar-refractivity contribution in [1.29, 1.82) is 0 Å². The second-order valence-electron chi connectivity index (χ2n) is 5.43. The quantitative estimate of drug-likeness (QED) is 0.558. The molecule has 2 heterocycles. The highest BCUT2D eigenvalue weighted by atomic mass is 79.9. The van der Waals surface area contributed by atoms with Gasteiger partial charge in [-0.1, -0.05) is 33.8 Å². The molecular weight excluding hydrogens is 420 g/mol. The summed E-state index contributed by atoms with van der Waals surface area (Å²) in [6.07, 6.45) is 2.65. The van der Waals surface area contributed by atoms with Crippen molar-refractivity contribution in [2.75, 3.05) is 11.1 Å². The van der Waals surface area contributed by atoms with Gasteiger partial charge in [0.15, 0.2) is 5.16 Å². The van der Waals surface area contributed by atoms with Gasteiger partial charge in [-0.2, -0.15) is 0 Å². The maximum atomic E-state index is 12.2. The van der Waals surface area contributed by atoms with E-state index in [4.69, 9.17) is 0 Å². The summed E-state index contributed by atoms with van der Waals surface area (Å²) in [6.45, 7) is 2.78. The van der Waals surface area contributed by atoms with Gasteiger partial charge >= 0.3 is 0 Å². The van der Waals surface area contributed by atoms with E-state index in [2.05, 4.69) is 49.0 Å². The highest BCUT2D eigenvalue weighted by Gasteiger charge is 2.10. The van der Waals surface area contributed by atoms with Gasteiger partial charge in [0, 0.05) is 21.6 Å². The third kappa shape index (κ3) is 5.17. The van der Waals surface area contributed by atoms with Crippen molar-refractivity contribution in [2.24, 2.45) is 0 Å². The topological polar surface area (TPSA) is 59.8 Å². The molecule has 1 N–H and O–H groups in total. The Hall–Kier alpha value is -1.64. The predicted octanol–water partition coefficient (Wildman–Crippen LogP) is 4.38. The Kier molecular flexibility index (Phi) is 6.28. The Labute approximate surface area is 163 Å². The minimum absolute atomic E-state index is 0.0526. The second-order valence-corrected chi connectivity index (χ2v) is 8.32. The number of aryl methyl sites for hydroxylation is 3. The number of aromatic nitrogens is 3. The molecule has 2 aromatic heterocycles. The van der Waals surface area contributed by atoms with Crippen LogP contribution in [0.4, 0.5) is 5.69 Å². The number of hydrogen-bond acceptors (Lipinski definition) is 5. The van der Waals surface area contributed by atoms with Gasteiger partial charge in [-0.3, -0.25) is 4.79 Å². The molecule has 25 heavy (non-hydrogen) atoms. The third-order valence-electron chi connectivity index (χ3n) is 3.55. The SMILES string of the molecule is Cc1cc(Br)ccc1NC(=O)CSc1nncn1CCc1cccs1. The van der Waals surface area contributed by atoms with Gasteiger partial charge in [-0.05, 0) is 48.6 Å². The molecule has 8 heteroatoms. The first kappa shape index (κ1) is 18.2. The maximum absolute atomic E-state index is 12.2. The van der Waals surface area contributed by atoms with Crippen LogP contribution >= 0.6 is 39.0 Å². The molecule has 0 aliphatic heterocycles. The van der Waals surface area contributed by atoms with Gasteiger partial charge in [0.05, 0.1) is 5.75 Å². The molecule has 0 saturated carbocycles. The standard InChI is InChI=1S/C17H17BrN4OS2/c1-12-9-13(18)4-5-15(12)20-16(23)10-25-17-21-19-11-22(17)7-6-14-3-2-8-24-14/h2-5,8-9,11H,6-7,10H2,1H3,(H,20,23). The third-order valence-corrected chi connectivity index (χ3v) is 5.96. The number of nitrogens with one attached hydrogen (secondary N) is 1. The number of halogens is 1. The van der Waals surface area contributed by atoms with E-state index in [0.717, 1.165) is 33.8 Å². The van der Waals surface area contributed by atoms with E-state index in [9.17, 15) is 4.79 Å². The first-order valence-corrected chi connectivity index (χ1v) is 10.4. The van der Waals surface area contributed by atoms with Crippen LogP contribution in [0.2, 0.25) is 0 Å². The Morgan fingerprint density at radius 3 is 3.04 bits per heavy atom.